The summed E-state index contributed by atoms with van der Waals surface area (Å²) in [4.78, 5) is 0. The summed E-state index contributed by atoms with van der Waals surface area (Å²) in [5.41, 5.74) is 0. The van der Waals surface area contributed by atoms with Crippen molar-refractivity contribution in [1.29, 1.82) is 0 Å². The Morgan fingerprint density at radius 2 is 0.941 bits per heavy atom. The van der Waals surface area contributed by atoms with Crippen molar-refractivity contribution in [2.24, 2.45) is 5.92 Å². The zero-order chi connectivity index (χ0) is 27.8. The summed E-state index contributed by atoms with van der Waals surface area (Å²) < 4.78 is 229. The summed E-state index contributed by atoms with van der Waals surface area (Å²) in [6.45, 7) is -2.78. The van der Waals surface area contributed by atoms with Crippen LogP contribution in [0.15, 0.2) is 0 Å². The predicted octanol–water partition coefficient (Wildman–Crippen LogP) is 6.86. The molecule has 2 nitrogen and oxygen atoms in total. The smallest absolute Gasteiger partial charge is 0.381 e. The highest BCUT2D eigenvalue weighted by Gasteiger charge is 2.95. The highest BCUT2D eigenvalue weighted by Crippen LogP contribution is 2.64. The Hall–Kier alpha value is -1.27. The first-order valence-electron chi connectivity index (χ1n) is 8.64. The van der Waals surface area contributed by atoms with Crippen LogP contribution in [0.2, 0.25) is 0 Å². The highest BCUT2D eigenvalue weighted by molar-refractivity contribution is 5.15. The Morgan fingerprint density at radius 3 is 1.26 bits per heavy atom. The third-order valence-corrected chi connectivity index (χ3v) is 4.39. The summed E-state index contributed by atoms with van der Waals surface area (Å²) in [6.07, 6.45) is -9.57. The molecule has 0 fully saturated rings. The lowest BCUT2D eigenvalue weighted by Gasteiger charge is -2.44. The van der Waals surface area contributed by atoms with Crippen molar-refractivity contribution in [3.8, 4) is 0 Å². The van der Waals surface area contributed by atoms with Crippen LogP contribution in [0, 0.1) is 5.92 Å². The Morgan fingerprint density at radius 1 is 0.588 bits per heavy atom. The Labute approximate surface area is 179 Å². The van der Waals surface area contributed by atoms with E-state index in [0.29, 0.717) is 0 Å². The number of hydrogen-bond acceptors (Lipinski definition) is 1. The van der Waals surface area contributed by atoms with Crippen molar-refractivity contribution < 1.29 is 84.5 Å². The molecule has 0 N–H and O–H groups in total. The molecule has 0 heterocycles. The van der Waals surface area contributed by atoms with Gasteiger partial charge in [0.25, 0.3) is 0 Å². The maximum atomic E-state index is 14.1. The first-order valence-corrected chi connectivity index (χ1v) is 8.64. The van der Waals surface area contributed by atoms with Crippen LogP contribution in [0.3, 0.4) is 0 Å². The van der Waals surface area contributed by atoms with Gasteiger partial charge in [-0.1, -0.05) is 6.92 Å². The summed E-state index contributed by atoms with van der Waals surface area (Å²) in [5, 5.41) is 10.5. The molecule has 0 spiro atoms. The van der Waals surface area contributed by atoms with E-state index < -0.39 is 79.8 Å². The van der Waals surface area contributed by atoms with Gasteiger partial charge in [-0.15, -0.1) is 0 Å². The van der Waals surface area contributed by atoms with E-state index in [0.717, 1.165) is 0 Å². The van der Waals surface area contributed by atoms with Gasteiger partial charge in [-0.2, -0.15) is 74.6 Å². The van der Waals surface area contributed by atoms with E-state index in [1.54, 1.807) is 0 Å². The molecule has 0 saturated carbocycles. The Bertz CT molecular complexity index is 670. The third-order valence-electron chi connectivity index (χ3n) is 4.39. The summed E-state index contributed by atoms with van der Waals surface area (Å²) in [7, 11) is 0. The fourth-order valence-electron chi connectivity index (χ4n) is 2.31. The van der Waals surface area contributed by atoms with Gasteiger partial charge in [0.1, 0.15) is 0 Å². The van der Waals surface area contributed by atoms with E-state index in [1.165, 1.54) is 6.92 Å². The molecule has 1 radical (unpaired) electrons. The zero-order valence-electron chi connectivity index (χ0n) is 16.4. The number of alkyl halides is 17. The molecule has 0 aromatic carbocycles. The molecule has 0 amide bonds. The first-order chi connectivity index (χ1) is 14.8. The molecule has 0 aliphatic carbocycles. The topological polar surface area (TPSA) is 29.1 Å². The van der Waals surface area contributed by atoms with Gasteiger partial charge in [-0.25, -0.2) is 5.11 Å². The Balaban J connectivity index is 6.68. The van der Waals surface area contributed by atoms with Crippen LogP contribution in [0.5, 0.6) is 0 Å². The largest absolute Gasteiger partial charge is 0.460 e. The minimum atomic E-state index is -8.67. The molecular weight excluding hydrogens is 535 g/mol. The van der Waals surface area contributed by atoms with Crippen LogP contribution in [0.25, 0.3) is 0 Å². The maximum Gasteiger partial charge on any atom is 0.460 e. The van der Waals surface area contributed by atoms with E-state index in [4.69, 9.17) is 0 Å². The summed E-state index contributed by atoms with van der Waals surface area (Å²) >= 11 is 0. The van der Waals surface area contributed by atoms with Crippen molar-refractivity contribution >= 4 is 0 Å². The molecule has 0 bridgehead atoms. The maximum absolute atomic E-state index is 14.1. The van der Waals surface area contributed by atoms with Crippen molar-refractivity contribution in [2.45, 2.75) is 67.4 Å². The number of ether oxygens (including phenoxy) is 1. The van der Waals surface area contributed by atoms with Crippen LogP contribution in [0.4, 0.5) is 74.6 Å². The van der Waals surface area contributed by atoms with Gasteiger partial charge in [0.05, 0.1) is 19.1 Å². The van der Waals surface area contributed by atoms with Crippen LogP contribution < -0.4 is 0 Å². The van der Waals surface area contributed by atoms with Crippen molar-refractivity contribution in [3.05, 3.63) is 0 Å². The third kappa shape index (κ3) is 4.74. The minimum Gasteiger partial charge on any atom is -0.381 e. The average molecular weight is 549 g/mol. The monoisotopic (exact) mass is 549 g/mol. The second-order valence-electron chi connectivity index (χ2n) is 6.83. The molecule has 0 rings (SSSR count). The summed E-state index contributed by atoms with van der Waals surface area (Å²) in [6, 6.07) is 0. The van der Waals surface area contributed by atoms with Crippen LogP contribution in [0.1, 0.15) is 19.8 Å². The van der Waals surface area contributed by atoms with Gasteiger partial charge in [-0.05, 0) is 12.8 Å². The zero-order valence-corrected chi connectivity index (χ0v) is 16.4. The highest BCUT2D eigenvalue weighted by atomic mass is 19.4. The molecule has 0 aromatic heterocycles. The average Bonchev–Trinajstić information content (AvgIpc) is 2.65. The van der Waals surface area contributed by atoms with Crippen LogP contribution in [-0.2, 0) is 9.84 Å². The number of rotatable bonds is 13. The molecule has 205 valence electrons. The normalized spacial score (nSPS) is 16.7. The van der Waals surface area contributed by atoms with E-state index in [9.17, 15) is 79.7 Å². The molecule has 0 saturated heterocycles. The first kappa shape index (κ1) is 32.7. The second kappa shape index (κ2) is 9.65. The van der Waals surface area contributed by atoms with E-state index in [2.05, 4.69) is 4.74 Å². The second-order valence-corrected chi connectivity index (χ2v) is 6.83. The van der Waals surface area contributed by atoms with Gasteiger partial charge < -0.3 is 4.74 Å². The fraction of sp³-hybridized carbons (Fsp3) is 1.00. The number of halogens is 17. The van der Waals surface area contributed by atoms with Gasteiger partial charge >= 0.3 is 47.6 Å². The quantitative estimate of drug-likeness (QED) is 0.182. The lowest BCUT2D eigenvalue weighted by Crippen LogP contribution is -2.75. The van der Waals surface area contributed by atoms with E-state index in [1.807, 2.05) is 0 Å². The van der Waals surface area contributed by atoms with Crippen LogP contribution >= 0.6 is 0 Å². The Kier molecular flexibility index (Phi) is 9.29. The van der Waals surface area contributed by atoms with Crippen LogP contribution in [-0.4, -0.2) is 67.5 Å². The summed E-state index contributed by atoms with van der Waals surface area (Å²) in [5.74, 6) is -60.2. The lowest BCUT2D eigenvalue weighted by atomic mass is 9.84. The molecule has 1 unspecified atom stereocenters. The van der Waals surface area contributed by atoms with E-state index >= 15 is 0 Å². The molecule has 34 heavy (non-hydrogen) atoms. The molecule has 0 aliphatic rings. The van der Waals surface area contributed by atoms with Crippen molar-refractivity contribution in [1.82, 2.24) is 0 Å². The molecular formula is C15H14F17O2. The predicted molar refractivity (Wildman–Crippen MR) is 75.5 cm³/mol. The van der Waals surface area contributed by atoms with Gasteiger partial charge in [0, 0.05) is 6.61 Å². The molecule has 19 heteroatoms. The van der Waals surface area contributed by atoms with E-state index in [-0.39, 0.29) is 6.42 Å². The molecule has 0 aromatic rings. The standard InChI is InChI=1S/C15H14F17O2/c1-2-5-34-6-7(3-4-33)8(16,17)9(18,19)10(20,21)11(22,23)12(24,25)13(26,27)14(28,29)15(30,31)32/h7H,2-6H2,1H3. The van der Waals surface area contributed by atoms with Gasteiger partial charge in [-0.3, -0.25) is 0 Å². The SMILES string of the molecule is CCCOCC(CC[O])C(F)(F)C(F)(F)C(F)(F)C(F)(F)C(F)(F)C(F)(F)C(F)(F)C(F)(F)F. The van der Waals surface area contributed by atoms with Crippen molar-refractivity contribution in [3.63, 3.8) is 0 Å². The number of hydrogen-bond donors (Lipinski definition) is 0. The fourth-order valence-corrected chi connectivity index (χ4v) is 2.31. The minimum absolute atomic E-state index is 0.0327. The molecule has 1 atom stereocenters. The van der Waals surface area contributed by atoms with Gasteiger partial charge in [0.15, 0.2) is 0 Å². The van der Waals surface area contributed by atoms with Gasteiger partial charge in [0.2, 0.25) is 0 Å². The lowest BCUT2D eigenvalue weighted by molar-refractivity contribution is -0.463. The van der Waals surface area contributed by atoms with Crippen molar-refractivity contribution in [2.75, 3.05) is 19.8 Å². The molecule has 0 aliphatic heterocycles.